The summed E-state index contributed by atoms with van der Waals surface area (Å²) >= 11 is 4.40. The normalized spacial score (nSPS) is 20.0. The van der Waals surface area contributed by atoms with E-state index in [2.05, 4.69) is 37.8 Å². The van der Waals surface area contributed by atoms with Crippen LogP contribution in [0.5, 0.6) is 0 Å². The van der Waals surface area contributed by atoms with E-state index in [1.807, 2.05) is 4.90 Å². The molecule has 3 rings (SSSR count). The zero-order valence-electron chi connectivity index (χ0n) is 11.5. The number of fused-ring (bicyclic) bond motifs is 1. The molecule has 2 aliphatic rings. The Labute approximate surface area is 120 Å². The zero-order valence-corrected chi connectivity index (χ0v) is 12.4. The van der Waals surface area contributed by atoms with Crippen LogP contribution in [0, 0.1) is 12.3 Å². The van der Waals surface area contributed by atoms with E-state index < -0.39 is 0 Å². The van der Waals surface area contributed by atoms with Crippen LogP contribution in [0.25, 0.3) is 0 Å². The van der Waals surface area contributed by atoms with Crippen LogP contribution in [-0.4, -0.2) is 18.2 Å². The van der Waals surface area contributed by atoms with Crippen molar-refractivity contribution in [1.82, 2.24) is 0 Å². The number of carbonyl (C=O) groups excluding carboxylic acids is 1. The summed E-state index contributed by atoms with van der Waals surface area (Å²) < 4.78 is 0. The Morgan fingerprint density at radius 2 is 2.21 bits per heavy atom. The summed E-state index contributed by atoms with van der Waals surface area (Å²) in [6.07, 6.45) is 5.17. The highest BCUT2D eigenvalue weighted by Crippen LogP contribution is 2.50. The van der Waals surface area contributed by atoms with Gasteiger partial charge in [0.05, 0.1) is 0 Å². The first-order valence-electron chi connectivity index (χ1n) is 7.14. The van der Waals surface area contributed by atoms with Gasteiger partial charge in [-0.05, 0) is 55.4 Å². The first-order chi connectivity index (χ1) is 9.13. The second-order valence-corrected chi connectivity index (χ2v) is 6.43. The third-order valence-corrected chi connectivity index (χ3v) is 5.14. The van der Waals surface area contributed by atoms with Crippen LogP contribution < -0.4 is 4.90 Å². The van der Waals surface area contributed by atoms with Crippen molar-refractivity contribution >= 4 is 24.2 Å². The number of carbonyl (C=O) groups is 1. The summed E-state index contributed by atoms with van der Waals surface area (Å²) in [5.74, 6) is 1.13. The van der Waals surface area contributed by atoms with E-state index in [1.165, 1.54) is 11.1 Å². The largest absolute Gasteiger partial charge is 0.312 e. The molecule has 1 saturated carbocycles. The monoisotopic (exact) mass is 275 g/mol. The van der Waals surface area contributed by atoms with E-state index in [1.54, 1.807) is 0 Å². The van der Waals surface area contributed by atoms with Crippen molar-refractivity contribution in [1.29, 1.82) is 0 Å². The van der Waals surface area contributed by atoms with E-state index in [0.717, 1.165) is 43.7 Å². The second-order valence-electron chi connectivity index (χ2n) is 6.12. The Morgan fingerprint density at radius 1 is 1.42 bits per heavy atom. The Morgan fingerprint density at radius 3 is 2.89 bits per heavy atom. The standard InChI is InChI=1S/C16H21NOS/c1-12-4-5-14-13(9-12)3-2-8-17(14)15(18)10-16(11-19)6-7-16/h4-5,9,19H,2-3,6-8,10-11H2,1H3. The van der Waals surface area contributed by atoms with Crippen LogP contribution >= 0.6 is 12.6 Å². The maximum atomic E-state index is 12.6. The summed E-state index contributed by atoms with van der Waals surface area (Å²) in [5, 5.41) is 0. The average molecular weight is 275 g/mol. The summed E-state index contributed by atoms with van der Waals surface area (Å²) in [6.45, 7) is 2.98. The molecule has 0 atom stereocenters. The SMILES string of the molecule is Cc1ccc2c(c1)CCCN2C(=O)CC1(CS)CC1. The van der Waals surface area contributed by atoms with Crippen LogP contribution in [0.15, 0.2) is 18.2 Å². The molecule has 0 spiro atoms. The molecule has 0 bridgehead atoms. The van der Waals surface area contributed by atoms with E-state index >= 15 is 0 Å². The molecular weight excluding hydrogens is 254 g/mol. The van der Waals surface area contributed by atoms with Crippen molar-refractivity contribution in [2.24, 2.45) is 5.41 Å². The molecule has 0 saturated heterocycles. The van der Waals surface area contributed by atoms with E-state index in [-0.39, 0.29) is 11.3 Å². The maximum Gasteiger partial charge on any atom is 0.227 e. The summed E-state index contributed by atoms with van der Waals surface area (Å²) in [6, 6.07) is 6.44. The molecule has 1 aromatic rings. The number of aryl methyl sites for hydroxylation is 2. The molecule has 1 aromatic carbocycles. The fraction of sp³-hybridized carbons (Fsp3) is 0.562. The van der Waals surface area contributed by atoms with Gasteiger partial charge in [0.15, 0.2) is 0 Å². The van der Waals surface area contributed by atoms with Gasteiger partial charge in [0, 0.05) is 18.7 Å². The molecule has 19 heavy (non-hydrogen) atoms. The van der Waals surface area contributed by atoms with Gasteiger partial charge in [-0.25, -0.2) is 0 Å². The Bertz CT molecular complexity index is 507. The van der Waals surface area contributed by atoms with Gasteiger partial charge in [0.2, 0.25) is 5.91 Å². The predicted octanol–water partition coefficient (Wildman–Crippen LogP) is 3.37. The molecule has 3 heteroatoms. The Balaban J connectivity index is 1.81. The molecule has 1 amide bonds. The fourth-order valence-corrected chi connectivity index (χ4v) is 3.40. The highest BCUT2D eigenvalue weighted by Gasteiger charge is 2.44. The van der Waals surface area contributed by atoms with Gasteiger partial charge < -0.3 is 4.90 Å². The topological polar surface area (TPSA) is 20.3 Å². The van der Waals surface area contributed by atoms with Crippen molar-refractivity contribution in [3.05, 3.63) is 29.3 Å². The lowest BCUT2D eigenvalue weighted by atomic mass is 9.97. The van der Waals surface area contributed by atoms with Gasteiger partial charge in [-0.15, -0.1) is 0 Å². The lowest BCUT2D eigenvalue weighted by Gasteiger charge is -2.31. The summed E-state index contributed by atoms with van der Waals surface area (Å²) in [5.41, 5.74) is 3.96. The summed E-state index contributed by atoms with van der Waals surface area (Å²) in [7, 11) is 0. The van der Waals surface area contributed by atoms with Crippen LogP contribution in [0.2, 0.25) is 0 Å². The minimum Gasteiger partial charge on any atom is -0.312 e. The molecule has 2 nitrogen and oxygen atoms in total. The molecule has 0 radical (unpaired) electrons. The second kappa shape index (κ2) is 4.86. The predicted molar refractivity (Wildman–Crippen MR) is 82.0 cm³/mol. The quantitative estimate of drug-likeness (QED) is 0.839. The van der Waals surface area contributed by atoms with E-state index in [0.29, 0.717) is 6.42 Å². The van der Waals surface area contributed by atoms with Crippen LogP contribution in [0.1, 0.15) is 36.8 Å². The van der Waals surface area contributed by atoms with Gasteiger partial charge in [0.25, 0.3) is 0 Å². The lowest BCUT2D eigenvalue weighted by Crippen LogP contribution is -2.37. The molecule has 1 heterocycles. The van der Waals surface area contributed by atoms with Crippen LogP contribution in [0.3, 0.4) is 0 Å². The maximum absolute atomic E-state index is 12.6. The number of hydrogen-bond donors (Lipinski definition) is 1. The molecule has 1 aliphatic heterocycles. The minimum atomic E-state index is 0.211. The van der Waals surface area contributed by atoms with Crippen LogP contribution in [-0.2, 0) is 11.2 Å². The third kappa shape index (κ3) is 2.53. The molecule has 1 fully saturated rings. The van der Waals surface area contributed by atoms with Crippen molar-refractivity contribution in [3.8, 4) is 0 Å². The van der Waals surface area contributed by atoms with Crippen LogP contribution in [0.4, 0.5) is 5.69 Å². The highest BCUT2D eigenvalue weighted by molar-refractivity contribution is 7.80. The summed E-state index contributed by atoms with van der Waals surface area (Å²) in [4.78, 5) is 14.6. The molecular formula is C16H21NOS. The highest BCUT2D eigenvalue weighted by atomic mass is 32.1. The first-order valence-corrected chi connectivity index (χ1v) is 7.78. The number of thiol groups is 1. The van der Waals surface area contributed by atoms with Crippen molar-refractivity contribution in [3.63, 3.8) is 0 Å². The van der Waals surface area contributed by atoms with Gasteiger partial charge >= 0.3 is 0 Å². The Kier molecular flexibility index (Phi) is 3.34. The van der Waals surface area contributed by atoms with Gasteiger partial charge in [0.1, 0.15) is 0 Å². The molecule has 1 aliphatic carbocycles. The lowest BCUT2D eigenvalue weighted by molar-refractivity contribution is -0.119. The number of benzene rings is 1. The van der Waals surface area contributed by atoms with Gasteiger partial charge in [-0.2, -0.15) is 12.6 Å². The Hall–Kier alpha value is -0.960. The van der Waals surface area contributed by atoms with Gasteiger partial charge in [-0.3, -0.25) is 4.79 Å². The number of rotatable bonds is 3. The molecule has 102 valence electrons. The fourth-order valence-electron chi connectivity index (χ4n) is 2.97. The first kappa shape index (κ1) is 13.0. The number of hydrogen-bond acceptors (Lipinski definition) is 2. The number of amides is 1. The smallest absolute Gasteiger partial charge is 0.227 e. The molecule has 0 unspecified atom stereocenters. The van der Waals surface area contributed by atoms with Crippen molar-refractivity contribution < 1.29 is 4.79 Å². The molecule has 0 N–H and O–H groups in total. The van der Waals surface area contributed by atoms with E-state index in [4.69, 9.17) is 0 Å². The van der Waals surface area contributed by atoms with E-state index in [9.17, 15) is 4.79 Å². The molecule has 0 aromatic heterocycles. The zero-order chi connectivity index (χ0) is 13.5. The average Bonchev–Trinajstić information content (AvgIpc) is 3.18. The van der Waals surface area contributed by atoms with Crippen molar-refractivity contribution in [2.75, 3.05) is 17.2 Å². The van der Waals surface area contributed by atoms with Gasteiger partial charge in [-0.1, -0.05) is 17.7 Å². The van der Waals surface area contributed by atoms with Crippen molar-refractivity contribution in [2.45, 2.75) is 39.0 Å². The minimum absolute atomic E-state index is 0.211. The number of nitrogens with zero attached hydrogens (tertiary/aromatic N) is 1. The third-order valence-electron chi connectivity index (χ3n) is 4.47. The number of anilines is 1.